The van der Waals surface area contributed by atoms with Gasteiger partial charge in [0.15, 0.2) is 0 Å². The predicted octanol–water partition coefficient (Wildman–Crippen LogP) is 2.46. The van der Waals surface area contributed by atoms with Crippen LogP contribution in [0.2, 0.25) is 0 Å². The number of benzene rings is 1. The molecule has 1 unspecified atom stereocenters. The van der Waals surface area contributed by atoms with Crippen molar-refractivity contribution < 1.29 is 9.53 Å². The molecule has 0 bridgehead atoms. The second-order valence-electron chi connectivity index (χ2n) is 7.01. The Morgan fingerprint density at radius 1 is 1.31 bits per heavy atom. The van der Waals surface area contributed by atoms with E-state index in [4.69, 9.17) is 16.2 Å². The quantitative estimate of drug-likeness (QED) is 0.851. The van der Waals surface area contributed by atoms with Crippen molar-refractivity contribution in [3.63, 3.8) is 0 Å². The zero-order valence-electron chi connectivity index (χ0n) is 15.4. The summed E-state index contributed by atoms with van der Waals surface area (Å²) in [7, 11) is 0. The molecule has 4 N–H and O–H groups in total. The Labute approximate surface area is 153 Å². The van der Waals surface area contributed by atoms with Crippen LogP contribution in [0.4, 0.5) is 11.8 Å². The lowest BCUT2D eigenvalue weighted by Gasteiger charge is -2.33. The summed E-state index contributed by atoms with van der Waals surface area (Å²) in [6, 6.07) is 5.59. The monoisotopic (exact) mass is 357 g/mol. The molecule has 1 fully saturated rings. The number of likely N-dealkylation sites (tertiary alicyclic amines) is 1. The number of ether oxygens (including phenoxy) is 1. The highest BCUT2D eigenvalue weighted by Crippen LogP contribution is 2.30. The van der Waals surface area contributed by atoms with Crippen molar-refractivity contribution in [3.8, 4) is 5.75 Å². The number of anilines is 2. The highest BCUT2D eigenvalue weighted by Gasteiger charge is 2.25. The maximum atomic E-state index is 12.3. The van der Waals surface area contributed by atoms with Gasteiger partial charge in [-0.3, -0.25) is 4.79 Å². The second-order valence-corrected chi connectivity index (χ2v) is 7.01. The van der Waals surface area contributed by atoms with E-state index in [1.807, 2.05) is 30.0 Å². The Morgan fingerprint density at radius 3 is 2.73 bits per heavy atom. The van der Waals surface area contributed by atoms with Gasteiger partial charge in [0.1, 0.15) is 11.6 Å². The fourth-order valence-corrected chi connectivity index (χ4v) is 3.33. The first-order chi connectivity index (χ1) is 12.5. The van der Waals surface area contributed by atoms with E-state index >= 15 is 0 Å². The highest BCUT2D eigenvalue weighted by molar-refractivity contribution is 5.94. The van der Waals surface area contributed by atoms with E-state index in [0.717, 1.165) is 32.4 Å². The minimum atomic E-state index is 0.105. The lowest BCUT2D eigenvalue weighted by atomic mass is 9.96. The second kappa shape index (κ2) is 7.76. The molecule has 0 radical (unpaired) electrons. The smallest absolute Gasteiger partial charge is 0.225 e. The first-order valence-corrected chi connectivity index (χ1v) is 9.22. The van der Waals surface area contributed by atoms with Gasteiger partial charge in [0, 0.05) is 19.0 Å². The van der Waals surface area contributed by atoms with Crippen LogP contribution in [0.3, 0.4) is 0 Å². The third-order valence-corrected chi connectivity index (χ3v) is 5.17. The number of amides is 1. The van der Waals surface area contributed by atoms with Crippen molar-refractivity contribution in [1.29, 1.82) is 0 Å². The molecule has 0 saturated carbocycles. The van der Waals surface area contributed by atoms with Gasteiger partial charge in [-0.2, -0.15) is 4.98 Å². The Balaban J connectivity index is 1.61. The van der Waals surface area contributed by atoms with Gasteiger partial charge < -0.3 is 21.1 Å². The van der Waals surface area contributed by atoms with Gasteiger partial charge in [0.05, 0.1) is 17.5 Å². The average molecular weight is 357 g/mol. The summed E-state index contributed by atoms with van der Waals surface area (Å²) in [4.78, 5) is 22.5. The molecule has 7 nitrogen and oxygen atoms in total. The van der Waals surface area contributed by atoms with E-state index in [2.05, 4.69) is 16.9 Å². The summed E-state index contributed by atoms with van der Waals surface area (Å²) in [6.07, 6.45) is 2.79. The minimum Gasteiger partial charge on any atom is -0.492 e. The molecule has 1 saturated heterocycles. The Kier molecular flexibility index (Phi) is 5.44. The maximum Gasteiger partial charge on any atom is 0.225 e. The summed E-state index contributed by atoms with van der Waals surface area (Å²) >= 11 is 0. The van der Waals surface area contributed by atoms with Crippen molar-refractivity contribution in [2.75, 3.05) is 31.2 Å². The normalized spacial score (nSPS) is 16.6. The molecule has 1 aromatic carbocycles. The number of hydrogen-bond acceptors (Lipinski definition) is 6. The molecule has 7 heteroatoms. The number of piperidine rings is 1. The molecule has 1 aliphatic rings. The van der Waals surface area contributed by atoms with Gasteiger partial charge in [-0.15, -0.1) is 0 Å². The molecular weight excluding hydrogens is 330 g/mol. The standard InChI is InChI=1S/C19H27N5O2/c1-3-12(2)18(25)24-9-7-13(8-10-24)11-26-15-6-4-5-14-16(15)17(20)23-19(21)22-14/h4-6,12-13H,3,7-11H2,1-2H3,(H4,20,21,22,23). The number of nitrogens with two attached hydrogens (primary N) is 2. The van der Waals surface area contributed by atoms with Crippen LogP contribution >= 0.6 is 0 Å². The minimum absolute atomic E-state index is 0.105. The lowest BCUT2D eigenvalue weighted by molar-refractivity contribution is -0.136. The summed E-state index contributed by atoms with van der Waals surface area (Å²) in [5.41, 5.74) is 12.3. The molecule has 2 heterocycles. The van der Waals surface area contributed by atoms with Crippen molar-refractivity contribution in [3.05, 3.63) is 18.2 Å². The largest absolute Gasteiger partial charge is 0.492 e. The third-order valence-electron chi connectivity index (χ3n) is 5.17. The maximum absolute atomic E-state index is 12.3. The van der Waals surface area contributed by atoms with Gasteiger partial charge in [-0.1, -0.05) is 19.9 Å². The summed E-state index contributed by atoms with van der Waals surface area (Å²) < 4.78 is 6.04. The van der Waals surface area contributed by atoms with E-state index in [1.54, 1.807) is 0 Å². The van der Waals surface area contributed by atoms with Crippen LogP contribution in [0.1, 0.15) is 33.1 Å². The molecule has 2 aromatic rings. The fraction of sp³-hybridized carbons (Fsp3) is 0.526. The van der Waals surface area contributed by atoms with Gasteiger partial charge in [0.25, 0.3) is 0 Å². The van der Waals surface area contributed by atoms with Crippen molar-refractivity contribution in [2.45, 2.75) is 33.1 Å². The molecule has 0 aliphatic carbocycles. The summed E-state index contributed by atoms with van der Waals surface area (Å²) in [5.74, 6) is 1.96. The number of nitrogen functional groups attached to an aromatic ring is 2. The summed E-state index contributed by atoms with van der Waals surface area (Å²) in [6.45, 7) is 6.24. The SMILES string of the molecule is CCC(C)C(=O)N1CCC(COc2cccc3nc(N)nc(N)c23)CC1. The number of fused-ring (bicyclic) bond motifs is 1. The number of carbonyl (C=O) groups is 1. The van der Waals surface area contributed by atoms with Gasteiger partial charge in [-0.25, -0.2) is 4.98 Å². The molecule has 3 rings (SSSR count). The average Bonchev–Trinajstić information content (AvgIpc) is 2.65. The topological polar surface area (TPSA) is 107 Å². The van der Waals surface area contributed by atoms with Crippen LogP contribution in [0.5, 0.6) is 5.75 Å². The fourth-order valence-electron chi connectivity index (χ4n) is 3.33. The molecule has 0 spiro atoms. The molecular formula is C19H27N5O2. The van der Waals surface area contributed by atoms with Gasteiger partial charge in [-0.05, 0) is 37.3 Å². The van der Waals surface area contributed by atoms with Gasteiger partial charge in [0.2, 0.25) is 11.9 Å². The van der Waals surface area contributed by atoms with Crippen LogP contribution in [0.15, 0.2) is 18.2 Å². The number of hydrogen-bond donors (Lipinski definition) is 2. The van der Waals surface area contributed by atoms with E-state index in [1.165, 1.54) is 0 Å². The van der Waals surface area contributed by atoms with E-state index in [9.17, 15) is 4.79 Å². The third kappa shape index (κ3) is 3.81. The van der Waals surface area contributed by atoms with Crippen LogP contribution in [0.25, 0.3) is 10.9 Å². The van der Waals surface area contributed by atoms with Crippen LogP contribution < -0.4 is 16.2 Å². The number of aromatic nitrogens is 2. The first kappa shape index (κ1) is 18.2. The molecule has 1 aromatic heterocycles. The van der Waals surface area contributed by atoms with E-state index in [0.29, 0.717) is 35.0 Å². The highest BCUT2D eigenvalue weighted by atomic mass is 16.5. The molecule has 26 heavy (non-hydrogen) atoms. The number of carbonyl (C=O) groups excluding carboxylic acids is 1. The van der Waals surface area contributed by atoms with Crippen molar-refractivity contribution >= 4 is 28.6 Å². The zero-order chi connectivity index (χ0) is 18.7. The Morgan fingerprint density at radius 2 is 2.04 bits per heavy atom. The lowest BCUT2D eigenvalue weighted by Crippen LogP contribution is -2.42. The van der Waals surface area contributed by atoms with Crippen LogP contribution in [0, 0.1) is 11.8 Å². The molecule has 1 amide bonds. The predicted molar refractivity (Wildman–Crippen MR) is 103 cm³/mol. The Hall–Kier alpha value is -2.57. The molecule has 1 atom stereocenters. The van der Waals surface area contributed by atoms with E-state index < -0.39 is 0 Å². The molecule has 1 aliphatic heterocycles. The van der Waals surface area contributed by atoms with Gasteiger partial charge >= 0.3 is 0 Å². The van der Waals surface area contributed by atoms with E-state index in [-0.39, 0.29) is 17.8 Å². The number of rotatable bonds is 5. The van der Waals surface area contributed by atoms with Crippen molar-refractivity contribution in [2.24, 2.45) is 11.8 Å². The van der Waals surface area contributed by atoms with Crippen LogP contribution in [-0.4, -0.2) is 40.5 Å². The Bertz CT molecular complexity index is 787. The zero-order valence-corrected chi connectivity index (χ0v) is 15.4. The first-order valence-electron chi connectivity index (χ1n) is 9.22. The molecule has 140 valence electrons. The number of nitrogens with zero attached hydrogens (tertiary/aromatic N) is 3. The van der Waals surface area contributed by atoms with Crippen molar-refractivity contribution in [1.82, 2.24) is 14.9 Å². The van der Waals surface area contributed by atoms with Crippen LogP contribution in [-0.2, 0) is 4.79 Å². The summed E-state index contributed by atoms with van der Waals surface area (Å²) in [5, 5.41) is 0.700.